The van der Waals surface area contributed by atoms with Crippen molar-refractivity contribution >= 4 is 58.1 Å². The van der Waals surface area contributed by atoms with Gasteiger partial charge in [-0.1, -0.05) is 23.7 Å². The molecule has 1 saturated heterocycles. The molecule has 2 heterocycles. The number of rotatable bonds is 8. The van der Waals surface area contributed by atoms with Gasteiger partial charge in [0.25, 0.3) is 11.1 Å². The second-order valence-corrected chi connectivity index (χ2v) is 9.07. The third-order valence-electron chi connectivity index (χ3n) is 5.19. The molecular weight excluding hydrogens is 520 g/mol. The number of anilines is 1. The number of thioether (sulfide) groups is 1. The molecule has 0 saturated carbocycles. The molecule has 0 bridgehead atoms. The minimum atomic E-state index is -0.602. The molecule has 3 amide bonds. The van der Waals surface area contributed by atoms with Gasteiger partial charge in [-0.05, 0) is 61.2 Å². The summed E-state index contributed by atoms with van der Waals surface area (Å²) in [7, 11) is 1.47. The lowest BCUT2D eigenvalue weighted by Gasteiger charge is -2.13. The van der Waals surface area contributed by atoms with Crippen LogP contribution >= 0.6 is 23.4 Å². The number of nitrogens with zero attached hydrogens (tertiary/aromatic N) is 1. The molecule has 1 aromatic heterocycles. The number of halogens is 1. The van der Waals surface area contributed by atoms with Crippen molar-refractivity contribution in [3.05, 3.63) is 75.8 Å². The van der Waals surface area contributed by atoms with Crippen molar-refractivity contribution in [2.45, 2.75) is 6.92 Å². The van der Waals surface area contributed by atoms with E-state index in [0.29, 0.717) is 45.3 Å². The van der Waals surface area contributed by atoms with Crippen molar-refractivity contribution in [1.29, 1.82) is 0 Å². The molecule has 0 aliphatic carbocycles. The zero-order valence-corrected chi connectivity index (χ0v) is 21.4. The highest BCUT2D eigenvalue weighted by atomic mass is 35.5. The number of hydrogen-bond acceptors (Lipinski definition) is 8. The van der Waals surface area contributed by atoms with Gasteiger partial charge >= 0.3 is 5.97 Å². The number of carbonyl (C=O) groups excluding carboxylic acids is 4. The van der Waals surface area contributed by atoms with E-state index in [1.807, 2.05) is 0 Å². The predicted octanol–water partition coefficient (Wildman–Crippen LogP) is 5.46. The number of hydrogen-bond donors (Lipinski definition) is 1. The van der Waals surface area contributed by atoms with Gasteiger partial charge in [-0.3, -0.25) is 19.3 Å². The molecule has 4 rings (SSSR count). The Balaban J connectivity index is 1.41. The van der Waals surface area contributed by atoms with Crippen LogP contribution < -0.4 is 10.1 Å². The first-order valence-corrected chi connectivity index (χ1v) is 12.2. The van der Waals surface area contributed by atoms with E-state index in [9.17, 15) is 19.2 Å². The van der Waals surface area contributed by atoms with E-state index in [1.54, 1.807) is 55.5 Å². The number of nitrogens with one attached hydrogen (secondary N) is 1. The van der Waals surface area contributed by atoms with Crippen LogP contribution in [0.4, 0.5) is 10.5 Å². The lowest BCUT2D eigenvalue weighted by molar-refractivity contribution is -0.127. The summed E-state index contributed by atoms with van der Waals surface area (Å²) in [5.74, 6) is -0.256. The predicted molar refractivity (Wildman–Crippen MR) is 139 cm³/mol. The smallest absolute Gasteiger partial charge is 0.338 e. The van der Waals surface area contributed by atoms with E-state index < -0.39 is 29.6 Å². The molecule has 2 aromatic carbocycles. The van der Waals surface area contributed by atoms with Crippen LogP contribution in [-0.2, 0) is 14.3 Å². The molecule has 1 fully saturated rings. The van der Waals surface area contributed by atoms with E-state index in [2.05, 4.69) is 5.32 Å². The third kappa shape index (κ3) is 6.04. The molecule has 0 radical (unpaired) electrons. The summed E-state index contributed by atoms with van der Waals surface area (Å²) in [6, 6.07) is 14.8. The van der Waals surface area contributed by atoms with Crippen LogP contribution in [0.25, 0.3) is 17.4 Å². The van der Waals surface area contributed by atoms with Gasteiger partial charge in [0, 0.05) is 17.3 Å². The minimum Gasteiger partial charge on any atom is -0.495 e. The number of methoxy groups -OCH3 is 1. The Morgan fingerprint density at radius 3 is 2.54 bits per heavy atom. The second-order valence-electron chi connectivity index (χ2n) is 7.67. The molecule has 11 heteroatoms. The fourth-order valence-electron chi connectivity index (χ4n) is 3.42. The number of imide groups is 1. The summed E-state index contributed by atoms with van der Waals surface area (Å²) in [6.45, 7) is 1.57. The van der Waals surface area contributed by atoms with E-state index >= 15 is 0 Å². The van der Waals surface area contributed by atoms with Gasteiger partial charge in [0.1, 0.15) is 23.8 Å². The van der Waals surface area contributed by atoms with E-state index in [-0.39, 0.29) is 11.5 Å². The lowest BCUT2D eigenvalue weighted by atomic mass is 10.1. The summed E-state index contributed by atoms with van der Waals surface area (Å²) in [6.07, 6.45) is 1.45. The van der Waals surface area contributed by atoms with Crippen LogP contribution in [0, 0.1) is 0 Å². The first-order chi connectivity index (χ1) is 17.8. The maximum Gasteiger partial charge on any atom is 0.338 e. The summed E-state index contributed by atoms with van der Waals surface area (Å²) in [5.41, 5.74) is 1.54. The summed E-state index contributed by atoms with van der Waals surface area (Å²) in [5, 5.41) is 2.34. The Bertz CT molecular complexity index is 1400. The molecule has 3 aromatic rings. The summed E-state index contributed by atoms with van der Waals surface area (Å²) >= 11 is 6.78. The van der Waals surface area contributed by atoms with Crippen molar-refractivity contribution < 1.29 is 33.1 Å². The van der Waals surface area contributed by atoms with E-state index in [0.717, 1.165) is 10.5 Å². The average Bonchev–Trinajstić information content (AvgIpc) is 3.44. The standard InChI is InChI=1S/C26H21ClN2O7S/c1-3-35-25(32)16-6-4-15(5-7-16)20-11-9-18(36-20)13-22-24(31)29(26(33)37-22)14-23(30)28-17-8-10-21(34-2)19(27)12-17/h4-13H,3,14H2,1-2H3,(H,28,30)/b22-13+. The topological polar surface area (TPSA) is 115 Å². The molecule has 9 nitrogen and oxygen atoms in total. The number of carbonyl (C=O) groups is 4. The van der Waals surface area contributed by atoms with Gasteiger partial charge in [-0.15, -0.1) is 0 Å². The zero-order chi connectivity index (χ0) is 26.5. The van der Waals surface area contributed by atoms with Crippen LogP contribution in [0.5, 0.6) is 5.75 Å². The minimum absolute atomic E-state index is 0.129. The molecular formula is C26H21ClN2O7S. The second kappa shape index (κ2) is 11.4. The molecule has 0 spiro atoms. The van der Waals surface area contributed by atoms with Crippen LogP contribution in [0.2, 0.25) is 5.02 Å². The van der Waals surface area contributed by atoms with Crippen LogP contribution in [0.1, 0.15) is 23.0 Å². The Morgan fingerprint density at radius 2 is 1.86 bits per heavy atom. The van der Waals surface area contributed by atoms with Crippen LogP contribution in [0.3, 0.4) is 0 Å². The highest BCUT2D eigenvalue weighted by molar-refractivity contribution is 8.18. The van der Waals surface area contributed by atoms with Crippen molar-refractivity contribution in [2.75, 3.05) is 25.6 Å². The maximum atomic E-state index is 12.8. The Kier molecular flexibility index (Phi) is 8.00. The van der Waals surface area contributed by atoms with E-state index in [4.69, 9.17) is 25.5 Å². The monoisotopic (exact) mass is 540 g/mol. The molecule has 0 unspecified atom stereocenters. The van der Waals surface area contributed by atoms with Crippen molar-refractivity contribution in [1.82, 2.24) is 4.90 Å². The Labute approximate surface area is 221 Å². The Morgan fingerprint density at radius 1 is 1.11 bits per heavy atom. The van der Waals surface area contributed by atoms with Gasteiger partial charge in [0.15, 0.2) is 0 Å². The van der Waals surface area contributed by atoms with Gasteiger partial charge < -0.3 is 19.2 Å². The van der Waals surface area contributed by atoms with Gasteiger partial charge in [0.2, 0.25) is 5.91 Å². The van der Waals surface area contributed by atoms with Crippen LogP contribution in [-0.4, -0.2) is 48.2 Å². The van der Waals surface area contributed by atoms with Gasteiger partial charge in [-0.2, -0.15) is 0 Å². The molecule has 0 atom stereocenters. The number of ether oxygens (including phenoxy) is 2. The maximum absolute atomic E-state index is 12.8. The number of esters is 1. The number of furan rings is 1. The lowest BCUT2D eigenvalue weighted by Crippen LogP contribution is -2.36. The fraction of sp³-hybridized carbons (Fsp3) is 0.154. The third-order valence-corrected chi connectivity index (χ3v) is 6.39. The average molecular weight is 541 g/mol. The quantitative estimate of drug-likeness (QED) is 0.296. The van der Waals surface area contributed by atoms with Crippen molar-refractivity contribution in [2.24, 2.45) is 0 Å². The van der Waals surface area contributed by atoms with Crippen LogP contribution in [0.15, 0.2) is 63.9 Å². The van der Waals surface area contributed by atoms with Gasteiger partial charge in [-0.25, -0.2) is 4.79 Å². The SMILES string of the molecule is CCOC(=O)c1ccc(-c2ccc(/C=C3/SC(=O)N(CC(=O)Nc4ccc(OC)c(Cl)c4)C3=O)o2)cc1. The molecule has 190 valence electrons. The largest absolute Gasteiger partial charge is 0.495 e. The molecule has 37 heavy (non-hydrogen) atoms. The van der Waals surface area contributed by atoms with E-state index in [1.165, 1.54) is 19.3 Å². The Hall–Kier alpha value is -4.02. The van der Waals surface area contributed by atoms with Gasteiger partial charge in [0.05, 0.1) is 29.2 Å². The summed E-state index contributed by atoms with van der Waals surface area (Å²) in [4.78, 5) is 50.4. The highest BCUT2D eigenvalue weighted by Gasteiger charge is 2.36. The molecule has 1 aliphatic rings. The number of benzene rings is 2. The summed E-state index contributed by atoms with van der Waals surface area (Å²) < 4.78 is 15.8. The first-order valence-electron chi connectivity index (χ1n) is 11.0. The first kappa shape index (κ1) is 26.1. The highest BCUT2D eigenvalue weighted by Crippen LogP contribution is 2.33. The number of amides is 3. The zero-order valence-electron chi connectivity index (χ0n) is 19.8. The normalized spacial score (nSPS) is 14.2. The molecule has 1 N–H and O–H groups in total. The molecule has 1 aliphatic heterocycles. The van der Waals surface area contributed by atoms with Crippen molar-refractivity contribution in [3.63, 3.8) is 0 Å². The van der Waals surface area contributed by atoms with Crippen molar-refractivity contribution in [3.8, 4) is 17.1 Å². The fourth-order valence-corrected chi connectivity index (χ4v) is 4.50.